The van der Waals surface area contributed by atoms with Crippen molar-refractivity contribution in [2.45, 2.75) is 137 Å². The largest absolute Gasteiger partial charge is 0.459 e. The third-order valence-electron chi connectivity index (χ3n) is 11.3. The van der Waals surface area contributed by atoms with Gasteiger partial charge in [0.2, 0.25) is 0 Å². The molecule has 0 saturated heterocycles. The van der Waals surface area contributed by atoms with Gasteiger partial charge in [-0.1, -0.05) is 82.5 Å². The maximum atomic E-state index is 12.5. The molecule has 0 heterocycles. The van der Waals surface area contributed by atoms with Crippen molar-refractivity contribution in [3.8, 4) is 0 Å². The van der Waals surface area contributed by atoms with Gasteiger partial charge in [0.15, 0.2) is 0 Å². The van der Waals surface area contributed by atoms with Gasteiger partial charge in [-0.05, 0) is 99.7 Å². The summed E-state index contributed by atoms with van der Waals surface area (Å²) in [5.41, 5.74) is 3.00. The zero-order valence-corrected chi connectivity index (χ0v) is 24.0. The Labute approximate surface area is 220 Å². The van der Waals surface area contributed by atoms with E-state index in [1.807, 2.05) is 0 Å². The minimum atomic E-state index is -0.240. The standard InChI is InChI=1S/C32H51ClO2/c1-6-7-8-9-10-11-12-24-14-16-28-27-15-13-25-21-26(35-30(34)22(2)23(3)33)17-19-32(25,5)29(27)18-20-31(24,28)4/h13,24,26-29H,6-12,14-21H2,1-5H3/b23-22-/t24-,26+,27-,28-,29-,31-,32+/m1/s1. The Balaban J connectivity index is 1.38. The lowest BCUT2D eigenvalue weighted by molar-refractivity contribution is -0.146. The van der Waals surface area contributed by atoms with E-state index in [2.05, 4.69) is 26.8 Å². The number of allylic oxidation sites excluding steroid dienone is 2. The van der Waals surface area contributed by atoms with Crippen LogP contribution in [0.15, 0.2) is 22.3 Å². The van der Waals surface area contributed by atoms with Gasteiger partial charge in [0.25, 0.3) is 0 Å². The van der Waals surface area contributed by atoms with Crippen molar-refractivity contribution in [1.29, 1.82) is 0 Å². The molecular weight excluding hydrogens is 452 g/mol. The number of halogens is 1. The summed E-state index contributed by atoms with van der Waals surface area (Å²) in [7, 11) is 0. The van der Waals surface area contributed by atoms with E-state index in [1.165, 1.54) is 77.0 Å². The molecule has 4 rings (SSSR count). The number of unbranched alkanes of at least 4 members (excludes halogenated alkanes) is 5. The first-order valence-corrected chi connectivity index (χ1v) is 15.3. The fraction of sp³-hybridized carbons (Fsp3) is 0.844. The summed E-state index contributed by atoms with van der Waals surface area (Å²) in [5, 5.41) is 0.534. The van der Waals surface area contributed by atoms with E-state index < -0.39 is 0 Å². The number of ether oxygens (including phenoxy) is 1. The van der Waals surface area contributed by atoms with Gasteiger partial charge >= 0.3 is 5.97 Å². The lowest BCUT2D eigenvalue weighted by atomic mass is 9.47. The van der Waals surface area contributed by atoms with Crippen LogP contribution < -0.4 is 0 Å². The molecule has 0 aromatic carbocycles. The molecular formula is C32H51ClO2. The Bertz CT molecular complexity index is 823. The molecule has 0 aromatic heterocycles. The zero-order chi connectivity index (χ0) is 25.2. The number of carbonyl (C=O) groups excluding carboxylic acids is 1. The SMILES string of the molecule is CCCCCCCC[C@@H]1CC[C@@H]2[C@H]3CC=C4C[C@@H](OC(=O)/C(C)=C(/C)Cl)CC[C@]4(C)[C@@H]3CC[C@]12C. The third kappa shape index (κ3) is 5.44. The molecule has 2 nitrogen and oxygen atoms in total. The van der Waals surface area contributed by atoms with Crippen LogP contribution in [0.25, 0.3) is 0 Å². The molecule has 0 aromatic rings. The van der Waals surface area contributed by atoms with Crippen LogP contribution in [0.4, 0.5) is 0 Å². The highest BCUT2D eigenvalue weighted by molar-refractivity contribution is 6.31. The summed E-state index contributed by atoms with van der Waals surface area (Å²) in [6.07, 6.45) is 22.7. The van der Waals surface area contributed by atoms with Crippen LogP contribution in [0, 0.1) is 34.5 Å². The molecule has 3 fully saturated rings. The quantitative estimate of drug-likeness (QED) is 0.136. The predicted molar refractivity (Wildman–Crippen MR) is 147 cm³/mol. The van der Waals surface area contributed by atoms with Crippen LogP contribution in [-0.4, -0.2) is 12.1 Å². The van der Waals surface area contributed by atoms with E-state index in [9.17, 15) is 4.79 Å². The average molecular weight is 503 g/mol. The highest BCUT2D eigenvalue weighted by Crippen LogP contribution is 2.66. The topological polar surface area (TPSA) is 26.3 Å². The highest BCUT2D eigenvalue weighted by atomic mass is 35.5. The molecule has 4 aliphatic carbocycles. The van der Waals surface area contributed by atoms with E-state index in [1.54, 1.807) is 19.4 Å². The Hall–Kier alpha value is -0.760. The molecule has 3 heteroatoms. The van der Waals surface area contributed by atoms with Crippen LogP contribution in [0.5, 0.6) is 0 Å². The Morgan fingerprint density at radius 2 is 1.74 bits per heavy atom. The van der Waals surface area contributed by atoms with Gasteiger partial charge in [-0.25, -0.2) is 4.79 Å². The molecule has 35 heavy (non-hydrogen) atoms. The van der Waals surface area contributed by atoms with Gasteiger partial charge in [-0.3, -0.25) is 0 Å². The number of hydrogen-bond donors (Lipinski definition) is 0. The second kappa shape index (κ2) is 11.3. The number of rotatable bonds is 9. The number of fused-ring (bicyclic) bond motifs is 5. The van der Waals surface area contributed by atoms with Crippen molar-refractivity contribution in [2.24, 2.45) is 34.5 Å². The Morgan fingerprint density at radius 1 is 1.00 bits per heavy atom. The average Bonchev–Trinajstić information content (AvgIpc) is 3.17. The van der Waals surface area contributed by atoms with E-state index in [0.29, 0.717) is 21.4 Å². The fourth-order valence-corrected chi connectivity index (χ4v) is 8.94. The first-order chi connectivity index (χ1) is 16.7. The first kappa shape index (κ1) is 27.3. The van der Waals surface area contributed by atoms with E-state index in [4.69, 9.17) is 16.3 Å². The van der Waals surface area contributed by atoms with Crippen LogP contribution >= 0.6 is 11.6 Å². The number of hydrogen-bond acceptors (Lipinski definition) is 2. The van der Waals surface area contributed by atoms with Gasteiger partial charge in [0.05, 0.1) is 0 Å². The highest BCUT2D eigenvalue weighted by Gasteiger charge is 2.58. The molecule has 3 saturated carbocycles. The summed E-state index contributed by atoms with van der Waals surface area (Å²) in [6, 6.07) is 0. The van der Waals surface area contributed by atoms with Crippen LogP contribution in [0.1, 0.15) is 131 Å². The van der Waals surface area contributed by atoms with Crippen LogP contribution in [0.3, 0.4) is 0 Å². The van der Waals surface area contributed by atoms with E-state index >= 15 is 0 Å². The lowest BCUT2D eigenvalue weighted by Crippen LogP contribution is -2.50. The Kier molecular flexibility index (Phi) is 8.82. The van der Waals surface area contributed by atoms with Gasteiger partial charge < -0.3 is 4.74 Å². The summed E-state index contributed by atoms with van der Waals surface area (Å²) in [6.45, 7) is 11.1. The zero-order valence-electron chi connectivity index (χ0n) is 23.3. The molecule has 0 radical (unpaired) electrons. The second-order valence-electron chi connectivity index (χ2n) is 13.1. The molecule has 0 spiro atoms. The van der Waals surface area contributed by atoms with Crippen molar-refractivity contribution in [3.05, 3.63) is 22.3 Å². The molecule has 0 amide bonds. The second-order valence-corrected chi connectivity index (χ2v) is 13.6. The maximum Gasteiger partial charge on any atom is 0.335 e. The van der Waals surface area contributed by atoms with Gasteiger partial charge in [-0.2, -0.15) is 0 Å². The molecule has 0 unspecified atom stereocenters. The van der Waals surface area contributed by atoms with Crippen molar-refractivity contribution in [1.82, 2.24) is 0 Å². The minimum Gasteiger partial charge on any atom is -0.459 e. The summed E-state index contributed by atoms with van der Waals surface area (Å²) < 4.78 is 5.89. The molecule has 0 N–H and O–H groups in total. The van der Waals surface area contributed by atoms with Crippen LogP contribution in [0.2, 0.25) is 0 Å². The number of carbonyl (C=O) groups is 1. The van der Waals surface area contributed by atoms with E-state index in [-0.39, 0.29) is 12.1 Å². The van der Waals surface area contributed by atoms with Gasteiger partial charge in [0.1, 0.15) is 6.10 Å². The van der Waals surface area contributed by atoms with Crippen LogP contribution in [-0.2, 0) is 9.53 Å². The molecule has 0 aliphatic heterocycles. The summed E-state index contributed by atoms with van der Waals surface area (Å²) in [4.78, 5) is 12.5. The first-order valence-electron chi connectivity index (χ1n) is 14.9. The monoisotopic (exact) mass is 502 g/mol. The van der Waals surface area contributed by atoms with Crippen molar-refractivity contribution in [3.63, 3.8) is 0 Å². The Morgan fingerprint density at radius 3 is 2.49 bits per heavy atom. The third-order valence-corrected chi connectivity index (χ3v) is 11.5. The molecule has 7 atom stereocenters. The molecule has 4 aliphatic rings. The van der Waals surface area contributed by atoms with E-state index in [0.717, 1.165) is 42.9 Å². The van der Waals surface area contributed by atoms with Crippen molar-refractivity contribution < 1.29 is 9.53 Å². The van der Waals surface area contributed by atoms with Crippen molar-refractivity contribution >= 4 is 17.6 Å². The lowest BCUT2D eigenvalue weighted by Gasteiger charge is -2.58. The summed E-state index contributed by atoms with van der Waals surface area (Å²) >= 11 is 6.04. The van der Waals surface area contributed by atoms with Gasteiger partial charge in [0, 0.05) is 17.0 Å². The maximum absolute atomic E-state index is 12.5. The molecule has 198 valence electrons. The summed E-state index contributed by atoms with van der Waals surface area (Å²) in [5.74, 6) is 3.30. The number of esters is 1. The fourth-order valence-electron chi connectivity index (χ4n) is 8.86. The predicted octanol–water partition coefficient (Wildman–Crippen LogP) is 9.76. The molecule has 0 bridgehead atoms. The van der Waals surface area contributed by atoms with Crippen molar-refractivity contribution in [2.75, 3.05) is 0 Å². The normalized spacial score (nSPS) is 39.1. The van der Waals surface area contributed by atoms with Gasteiger partial charge in [-0.15, -0.1) is 0 Å². The minimum absolute atomic E-state index is 0.00591. The smallest absolute Gasteiger partial charge is 0.335 e.